The van der Waals surface area contributed by atoms with E-state index in [9.17, 15) is 0 Å². The second-order valence-electron chi connectivity index (χ2n) is 8.38. The lowest BCUT2D eigenvalue weighted by molar-refractivity contribution is 1.12. The van der Waals surface area contributed by atoms with Gasteiger partial charge >= 0.3 is 0 Å². The highest BCUT2D eigenvalue weighted by atomic mass is 15.0. The maximum Gasteiger partial charge on any atom is 0.134 e. The summed E-state index contributed by atoms with van der Waals surface area (Å²) in [6, 6.07) is 34.7. The third kappa shape index (κ3) is 4.26. The van der Waals surface area contributed by atoms with Gasteiger partial charge in [-0.05, 0) is 59.2 Å². The summed E-state index contributed by atoms with van der Waals surface area (Å²) in [4.78, 5) is 4.60. The summed E-state index contributed by atoms with van der Waals surface area (Å²) in [7, 11) is 0. The van der Waals surface area contributed by atoms with Crippen LogP contribution in [0.4, 0.5) is 5.82 Å². The molecule has 0 amide bonds. The van der Waals surface area contributed by atoms with Crippen molar-refractivity contribution in [2.24, 2.45) is 0 Å². The maximum absolute atomic E-state index is 4.60. The number of rotatable bonds is 5. The smallest absolute Gasteiger partial charge is 0.134 e. The van der Waals surface area contributed by atoms with Gasteiger partial charge in [-0.25, -0.2) is 4.98 Å². The van der Waals surface area contributed by atoms with Crippen LogP contribution in [0.2, 0.25) is 0 Å². The molecule has 1 aromatic heterocycles. The summed E-state index contributed by atoms with van der Waals surface area (Å²) < 4.78 is 0. The van der Waals surface area contributed by atoms with E-state index in [0.717, 1.165) is 17.7 Å². The summed E-state index contributed by atoms with van der Waals surface area (Å²) >= 11 is 0. The van der Waals surface area contributed by atoms with E-state index in [1.165, 1.54) is 44.3 Å². The van der Waals surface area contributed by atoms with E-state index in [0.29, 0.717) is 0 Å². The molecule has 0 atom stereocenters. The Hall–Kier alpha value is -3.91. The molecule has 0 aliphatic carbocycles. The topological polar surface area (TPSA) is 24.9 Å². The Morgan fingerprint density at radius 1 is 0.625 bits per heavy atom. The minimum Gasteiger partial charge on any atom is -0.365 e. The number of pyridine rings is 1. The molecule has 0 bridgehead atoms. The predicted molar refractivity (Wildman–Crippen MR) is 136 cm³/mol. The van der Waals surface area contributed by atoms with Gasteiger partial charge in [-0.1, -0.05) is 96.1 Å². The Labute approximate surface area is 189 Å². The average molecular weight is 415 g/mol. The number of anilines is 1. The molecule has 2 heteroatoms. The monoisotopic (exact) mass is 414 g/mol. The highest BCUT2D eigenvalue weighted by Gasteiger charge is 2.06. The molecule has 0 spiro atoms. The molecule has 0 unspecified atom stereocenters. The number of aryl methyl sites for hydroxylation is 2. The van der Waals surface area contributed by atoms with E-state index in [1.807, 2.05) is 6.20 Å². The molecule has 156 valence electrons. The molecule has 0 saturated carbocycles. The van der Waals surface area contributed by atoms with Crippen LogP contribution in [0.5, 0.6) is 0 Å². The minimum absolute atomic E-state index is 0.736. The Balaban J connectivity index is 1.35. The molecule has 2 nitrogen and oxygen atoms in total. The Bertz CT molecular complexity index is 1380. The number of hydrogen-bond donors (Lipinski definition) is 1. The van der Waals surface area contributed by atoms with Crippen LogP contribution in [0, 0.1) is 13.8 Å². The first-order valence-electron chi connectivity index (χ1n) is 11.0. The summed E-state index contributed by atoms with van der Waals surface area (Å²) in [6.45, 7) is 4.99. The van der Waals surface area contributed by atoms with Crippen LogP contribution in [0.25, 0.3) is 33.0 Å². The molecular formula is C30H26N2. The summed E-state index contributed by atoms with van der Waals surface area (Å²) in [5.74, 6) is 0.918. The van der Waals surface area contributed by atoms with Crippen LogP contribution < -0.4 is 5.32 Å². The van der Waals surface area contributed by atoms with Crippen molar-refractivity contribution in [3.05, 3.63) is 120 Å². The molecule has 0 radical (unpaired) electrons. The first-order valence-corrected chi connectivity index (χ1v) is 11.0. The van der Waals surface area contributed by atoms with Crippen LogP contribution in [0.3, 0.4) is 0 Å². The van der Waals surface area contributed by atoms with Crippen molar-refractivity contribution in [1.82, 2.24) is 4.98 Å². The third-order valence-corrected chi connectivity index (χ3v) is 5.88. The highest BCUT2D eigenvalue weighted by Crippen LogP contribution is 2.28. The number of hydrogen-bond acceptors (Lipinski definition) is 2. The second-order valence-corrected chi connectivity index (χ2v) is 8.38. The Morgan fingerprint density at radius 2 is 1.25 bits per heavy atom. The van der Waals surface area contributed by atoms with Crippen LogP contribution in [-0.2, 0) is 6.54 Å². The SMILES string of the molecule is Cc1cccc(-c2ccc(CNc3nccc4cc(-c5cccc(C)c5)ccc34)cc2)c1. The lowest BCUT2D eigenvalue weighted by Crippen LogP contribution is -2.02. The molecule has 5 rings (SSSR count). The molecule has 1 N–H and O–H groups in total. The summed E-state index contributed by atoms with van der Waals surface area (Å²) in [5, 5.41) is 5.86. The number of benzene rings is 4. The van der Waals surface area contributed by atoms with Gasteiger partial charge in [0.15, 0.2) is 0 Å². The van der Waals surface area contributed by atoms with Crippen molar-refractivity contribution >= 4 is 16.6 Å². The molecule has 32 heavy (non-hydrogen) atoms. The number of aromatic nitrogens is 1. The summed E-state index contributed by atoms with van der Waals surface area (Å²) in [5.41, 5.74) is 8.75. The van der Waals surface area contributed by atoms with Gasteiger partial charge in [0, 0.05) is 18.1 Å². The molecule has 0 aliphatic heterocycles. The lowest BCUT2D eigenvalue weighted by atomic mass is 10.0. The number of nitrogens with one attached hydrogen (secondary N) is 1. The zero-order chi connectivity index (χ0) is 21.9. The molecule has 4 aromatic carbocycles. The van der Waals surface area contributed by atoms with Crippen molar-refractivity contribution in [2.45, 2.75) is 20.4 Å². The van der Waals surface area contributed by atoms with Crippen molar-refractivity contribution in [2.75, 3.05) is 5.32 Å². The Kier molecular flexibility index (Phi) is 5.43. The van der Waals surface area contributed by atoms with Gasteiger partial charge in [0.25, 0.3) is 0 Å². The van der Waals surface area contributed by atoms with Crippen molar-refractivity contribution in [3.8, 4) is 22.3 Å². The van der Waals surface area contributed by atoms with E-state index in [-0.39, 0.29) is 0 Å². The first kappa shape index (κ1) is 20.0. The van der Waals surface area contributed by atoms with Crippen LogP contribution >= 0.6 is 0 Å². The Morgan fingerprint density at radius 3 is 1.94 bits per heavy atom. The van der Waals surface area contributed by atoms with Crippen LogP contribution in [0.1, 0.15) is 16.7 Å². The fraction of sp³-hybridized carbons (Fsp3) is 0.100. The normalized spacial score (nSPS) is 10.9. The molecule has 0 aliphatic rings. The van der Waals surface area contributed by atoms with Crippen molar-refractivity contribution in [3.63, 3.8) is 0 Å². The van der Waals surface area contributed by atoms with Crippen LogP contribution in [0.15, 0.2) is 103 Å². The van der Waals surface area contributed by atoms with Gasteiger partial charge in [0.05, 0.1) is 0 Å². The molecule has 0 fully saturated rings. The highest BCUT2D eigenvalue weighted by molar-refractivity contribution is 5.94. The quantitative estimate of drug-likeness (QED) is 0.317. The predicted octanol–water partition coefficient (Wildman–Crippen LogP) is 7.80. The molecule has 0 saturated heterocycles. The molecule has 1 heterocycles. The standard InChI is InChI=1S/C30H26N2/c1-21-5-3-7-25(17-21)24-11-9-23(10-12-24)20-32-30-29-14-13-27(19-28(29)15-16-31-30)26-8-4-6-22(2)18-26/h3-19H,20H2,1-2H3,(H,31,32). The molecular weight excluding hydrogens is 388 g/mol. The third-order valence-electron chi connectivity index (χ3n) is 5.88. The summed E-state index contributed by atoms with van der Waals surface area (Å²) in [6.07, 6.45) is 1.88. The fourth-order valence-electron chi connectivity index (χ4n) is 4.15. The van der Waals surface area contributed by atoms with E-state index in [4.69, 9.17) is 0 Å². The van der Waals surface area contributed by atoms with E-state index in [1.54, 1.807) is 0 Å². The van der Waals surface area contributed by atoms with E-state index < -0.39 is 0 Å². The first-order chi connectivity index (χ1) is 15.7. The number of nitrogens with zero attached hydrogens (tertiary/aromatic N) is 1. The maximum atomic E-state index is 4.60. The van der Waals surface area contributed by atoms with Gasteiger partial charge in [0.2, 0.25) is 0 Å². The largest absolute Gasteiger partial charge is 0.365 e. The van der Waals surface area contributed by atoms with Gasteiger partial charge in [-0.15, -0.1) is 0 Å². The van der Waals surface area contributed by atoms with Crippen molar-refractivity contribution in [1.29, 1.82) is 0 Å². The van der Waals surface area contributed by atoms with E-state index >= 15 is 0 Å². The fourth-order valence-corrected chi connectivity index (χ4v) is 4.15. The molecule has 5 aromatic rings. The van der Waals surface area contributed by atoms with Gasteiger partial charge < -0.3 is 5.32 Å². The second kappa shape index (κ2) is 8.68. The van der Waals surface area contributed by atoms with Crippen molar-refractivity contribution < 1.29 is 0 Å². The number of fused-ring (bicyclic) bond motifs is 1. The van der Waals surface area contributed by atoms with E-state index in [2.05, 4.69) is 121 Å². The van der Waals surface area contributed by atoms with Gasteiger partial charge in [-0.3, -0.25) is 0 Å². The van der Waals surface area contributed by atoms with Gasteiger partial charge in [-0.2, -0.15) is 0 Å². The minimum atomic E-state index is 0.736. The zero-order valence-corrected chi connectivity index (χ0v) is 18.5. The zero-order valence-electron chi connectivity index (χ0n) is 18.5. The average Bonchev–Trinajstić information content (AvgIpc) is 2.82. The van der Waals surface area contributed by atoms with Crippen LogP contribution in [-0.4, -0.2) is 4.98 Å². The van der Waals surface area contributed by atoms with Gasteiger partial charge in [0.1, 0.15) is 5.82 Å². The lowest BCUT2D eigenvalue weighted by Gasteiger charge is -2.11.